The third-order valence-electron chi connectivity index (χ3n) is 2.32. The van der Waals surface area contributed by atoms with E-state index in [4.69, 9.17) is 5.73 Å². The second kappa shape index (κ2) is 4.38. The summed E-state index contributed by atoms with van der Waals surface area (Å²) in [6.45, 7) is 9.90. The Morgan fingerprint density at radius 1 is 1.50 bits per heavy atom. The van der Waals surface area contributed by atoms with Crippen molar-refractivity contribution in [2.75, 3.05) is 0 Å². The Morgan fingerprint density at radius 2 is 2.14 bits per heavy atom. The minimum absolute atomic E-state index is 0.0215. The molecule has 1 aromatic rings. The van der Waals surface area contributed by atoms with E-state index in [9.17, 15) is 0 Å². The number of rotatable bonds is 3. The molecule has 2 N–H and O–H groups in total. The molecule has 14 heavy (non-hydrogen) atoms. The van der Waals surface area contributed by atoms with E-state index in [0.29, 0.717) is 0 Å². The fourth-order valence-corrected chi connectivity index (χ4v) is 1.34. The quantitative estimate of drug-likeness (QED) is 0.744. The molecule has 0 aliphatic rings. The number of pyridine rings is 1. The van der Waals surface area contributed by atoms with E-state index in [-0.39, 0.29) is 6.04 Å². The minimum atomic E-state index is -0.0215. The highest BCUT2D eigenvalue weighted by Gasteiger charge is 2.08. The lowest BCUT2D eigenvalue weighted by Crippen LogP contribution is -2.13. The fraction of sp³-hybridized carbons (Fsp3) is 0.417. The largest absolute Gasteiger partial charge is 0.322 e. The normalized spacial score (nSPS) is 12.6. The molecule has 1 heterocycles. The van der Waals surface area contributed by atoms with Crippen LogP contribution in [-0.2, 0) is 0 Å². The van der Waals surface area contributed by atoms with Crippen molar-refractivity contribution in [1.29, 1.82) is 0 Å². The highest BCUT2D eigenvalue weighted by molar-refractivity contribution is 5.22. The maximum absolute atomic E-state index is 5.99. The fourth-order valence-electron chi connectivity index (χ4n) is 1.34. The zero-order valence-electron chi connectivity index (χ0n) is 9.17. The Kier molecular flexibility index (Phi) is 3.42. The van der Waals surface area contributed by atoms with Crippen LogP contribution in [0.15, 0.2) is 24.3 Å². The lowest BCUT2D eigenvalue weighted by Gasteiger charge is -2.12. The van der Waals surface area contributed by atoms with E-state index in [2.05, 4.69) is 24.6 Å². The number of nitrogens with zero attached hydrogens (tertiary/aromatic N) is 1. The van der Waals surface area contributed by atoms with E-state index >= 15 is 0 Å². The predicted molar refractivity (Wildman–Crippen MR) is 60.1 cm³/mol. The molecule has 1 atom stereocenters. The number of aromatic nitrogens is 1. The van der Waals surface area contributed by atoms with Gasteiger partial charge in [0.15, 0.2) is 0 Å². The summed E-state index contributed by atoms with van der Waals surface area (Å²) in [5, 5.41) is 0. The Morgan fingerprint density at radius 3 is 2.64 bits per heavy atom. The van der Waals surface area contributed by atoms with Crippen molar-refractivity contribution >= 4 is 0 Å². The van der Waals surface area contributed by atoms with Crippen molar-refractivity contribution in [3.05, 3.63) is 41.2 Å². The smallest absolute Gasteiger partial charge is 0.0577 e. The van der Waals surface area contributed by atoms with Gasteiger partial charge in [0.2, 0.25) is 0 Å². The lowest BCUT2D eigenvalue weighted by molar-refractivity contribution is 0.688. The summed E-state index contributed by atoms with van der Waals surface area (Å²) in [5.41, 5.74) is 10.3. The van der Waals surface area contributed by atoms with Crippen molar-refractivity contribution in [2.24, 2.45) is 5.73 Å². The maximum atomic E-state index is 5.99. The topological polar surface area (TPSA) is 38.9 Å². The monoisotopic (exact) mass is 190 g/mol. The molecule has 76 valence electrons. The van der Waals surface area contributed by atoms with Crippen molar-refractivity contribution in [2.45, 2.75) is 33.2 Å². The summed E-state index contributed by atoms with van der Waals surface area (Å²) in [4.78, 5) is 4.46. The highest BCUT2D eigenvalue weighted by atomic mass is 14.8. The molecule has 0 aromatic carbocycles. The molecule has 0 saturated carbocycles. The van der Waals surface area contributed by atoms with Gasteiger partial charge in [0, 0.05) is 5.69 Å². The van der Waals surface area contributed by atoms with Gasteiger partial charge in [-0.2, -0.15) is 0 Å². The zero-order valence-corrected chi connectivity index (χ0v) is 9.17. The second-order valence-corrected chi connectivity index (χ2v) is 3.91. The van der Waals surface area contributed by atoms with E-state index in [1.807, 2.05) is 19.9 Å². The molecular formula is C12H18N2. The Hall–Kier alpha value is -1.15. The van der Waals surface area contributed by atoms with Crippen LogP contribution in [-0.4, -0.2) is 4.98 Å². The number of hydrogen-bond donors (Lipinski definition) is 1. The van der Waals surface area contributed by atoms with Crippen LogP contribution < -0.4 is 5.73 Å². The van der Waals surface area contributed by atoms with Gasteiger partial charge in [-0.25, -0.2) is 0 Å². The molecule has 1 unspecified atom stereocenters. The highest BCUT2D eigenvalue weighted by Crippen LogP contribution is 2.17. The van der Waals surface area contributed by atoms with Crippen LogP contribution in [0.5, 0.6) is 0 Å². The zero-order chi connectivity index (χ0) is 10.7. The van der Waals surface area contributed by atoms with Crippen molar-refractivity contribution in [3.63, 3.8) is 0 Å². The van der Waals surface area contributed by atoms with Crippen molar-refractivity contribution in [1.82, 2.24) is 4.98 Å². The summed E-state index contributed by atoms with van der Waals surface area (Å²) in [6, 6.07) is 4.04. The summed E-state index contributed by atoms with van der Waals surface area (Å²) in [5.74, 6) is 0. The molecule has 2 heteroatoms. The molecule has 0 spiro atoms. The second-order valence-electron chi connectivity index (χ2n) is 3.91. The van der Waals surface area contributed by atoms with Crippen LogP contribution in [0.1, 0.15) is 36.3 Å². The number of aryl methyl sites for hydroxylation is 2. The van der Waals surface area contributed by atoms with E-state index < -0.39 is 0 Å². The predicted octanol–water partition coefficient (Wildman–Crippen LogP) is 2.66. The van der Waals surface area contributed by atoms with Gasteiger partial charge in [-0.3, -0.25) is 4.98 Å². The first kappa shape index (κ1) is 10.9. The van der Waals surface area contributed by atoms with Gasteiger partial charge in [-0.1, -0.05) is 11.6 Å². The summed E-state index contributed by atoms with van der Waals surface area (Å²) < 4.78 is 0. The standard InChI is InChI=1S/C12H18N2/c1-8(2)7-11(13)12-6-5-9(3)10(4)14-12/h5-6,11H,1,7,13H2,2-4H3. The molecule has 0 bridgehead atoms. The van der Waals surface area contributed by atoms with Crippen LogP contribution >= 0.6 is 0 Å². The van der Waals surface area contributed by atoms with Crippen LogP contribution in [0.25, 0.3) is 0 Å². The van der Waals surface area contributed by atoms with Crippen molar-refractivity contribution < 1.29 is 0 Å². The van der Waals surface area contributed by atoms with Gasteiger partial charge < -0.3 is 5.73 Å². The summed E-state index contributed by atoms with van der Waals surface area (Å²) in [7, 11) is 0. The molecule has 0 fully saturated rings. The van der Waals surface area contributed by atoms with Crippen LogP contribution in [0.2, 0.25) is 0 Å². The van der Waals surface area contributed by atoms with Crippen LogP contribution in [0, 0.1) is 13.8 Å². The molecule has 1 aromatic heterocycles. The molecule has 1 rings (SSSR count). The van der Waals surface area contributed by atoms with E-state index in [1.54, 1.807) is 0 Å². The molecular weight excluding hydrogens is 172 g/mol. The van der Waals surface area contributed by atoms with Crippen LogP contribution in [0.4, 0.5) is 0 Å². The van der Waals surface area contributed by atoms with E-state index in [0.717, 1.165) is 23.4 Å². The molecule has 0 radical (unpaired) electrons. The SMILES string of the molecule is C=C(C)CC(N)c1ccc(C)c(C)n1. The van der Waals surface area contributed by atoms with Crippen LogP contribution in [0.3, 0.4) is 0 Å². The first-order chi connectivity index (χ1) is 6.50. The Balaban J connectivity index is 2.85. The number of hydrogen-bond acceptors (Lipinski definition) is 2. The molecule has 0 aliphatic carbocycles. The van der Waals surface area contributed by atoms with E-state index in [1.165, 1.54) is 5.56 Å². The minimum Gasteiger partial charge on any atom is -0.322 e. The third kappa shape index (κ3) is 2.67. The number of nitrogens with two attached hydrogens (primary N) is 1. The van der Waals surface area contributed by atoms with Gasteiger partial charge in [-0.15, -0.1) is 6.58 Å². The molecule has 0 saturated heterocycles. The lowest BCUT2D eigenvalue weighted by atomic mass is 10.0. The maximum Gasteiger partial charge on any atom is 0.0577 e. The summed E-state index contributed by atoms with van der Waals surface area (Å²) >= 11 is 0. The van der Waals surface area contributed by atoms with Crippen molar-refractivity contribution in [3.8, 4) is 0 Å². The molecule has 0 amide bonds. The average Bonchev–Trinajstić information content (AvgIpc) is 2.08. The van der Waals surface area contributed by atoms with Gasteiger partial charge in [0.05, 0.1) is 11.7 Å². The average molecular weight is 190 g/mol. The van der Waals surface area contributed by atoms with Gasteiger partial charge in [0.25, 0.3) is 0 Å². The Bertz CT molecular complexity index is 342. The van der Waals surface area contributed by atoms with Gasteiger partial charge in [-0.05, 0) is 38.8 Å². The molecule has 2 nitrogen and oxygen atoms in total. The third-order valence-corrected chi connectivity index (χ3v) is 2.32. The first-order valence-corrected chi connectivity index (χ1v) is 4.85. The Labute approximate surface area is 85.9 Å². The summed E-state index contributed by atoms with van der Waals surface area (Å²) in [6.07, 6.45) is 0.801. The molecule has 0 aliphatic heterocycles. The first-order valence-electron chi connectivity index (χ1n) is 4.85. The van der Waals surface area contributed by atoms with Gasteiger partial charge in [0.1, 0.15) is 0 Å². The van der Waals surface area contributed by atoms with Gasteiger partial charge >= 0.3 is 0 Å².